The highest BCUT2D eigenvalue weighted by Gasteiger charge is 2.22. The number of imidazole rings is 1. The zero-order valence-corrected chi connectivity index (χ0v) is 18.7. The van der Waals surface area contributed by atoms with Gasteiger partial charge in [0, 0.05) is 35.7 Å². The van der Waals surface area contributed by atoms with Crippen LogP contribution in [0.15, 0.2) is 66.2 Å². The predicted molar refractivity (Wildman–Crippen MR) is 127 cm³/mol. The molecular weight excluding hydrogens is 413 g/mol. The summed E-state index contributed by atoms with van der Waals surface area (Å²) in [7, 11) is 0. The highest BCUT2D eigenvalue weighted by atomic mass is 19.1. The van der Waals surface area contributed by atoms with Gasteiger partial charge in [-0.25, -0.2) is 9.37 Å². The summed E-state index contributed by atoms with van der Waals surface area (Å²) in [5, 5.41) is 9.66. The van der Waals surface area contributed by atoms with E-state index in [1.54, 1.807) is 13.0 Å². The van der Waals surface area contributed by atoms with E-state index in [1.807, 2.05) is 18.2 Å². The van der Waals surface area contributed by atoms with Gasteiger partial charge in [0.2, 0.25) is 0 Å². The van der Waals surface area contributed by atoms with Gasteiger partial charge in [-0.05, 0) is 60.4 Å². The fourth-order valence-electron chi connectivity index (χ4n) is 4.59. The van der Waals surface area contributed by atoms with E-state index >= 15 is 0 Å². The van der Waals surface area contributed by atoms with Crippen molar-refractivity contribution in [1.82, 2.24) is 9.55 Å². The molecule has 0 atom stereocenters. The van der Waals surface area contributed by atoms with Crippen LogP contribution in [0, 0.1) is 17.1 Å². The van der Waals surface area contributed by atoms with Crippen molar-refractivity contribution in [3.8, 4) is 11.8 Å². The Morgan fingerprint density at radius 3 is 2.76 bits per heavy atom. The van der Waals surface area contributed by atoms with Crippen LogP contribution in [-0.4, -0.2) is 9.55 Å². The third-order valence-corrected chi connectivity index (χ3v) is 6.13. The number of rotatable bonds is 4. The highest BCUT2D eigenvalue weighted by Crippen LogP contribution is 2.39. The molecule has 1 aliphatic heterocycles. The van der Waals surface area contributed by atoms with Crippen LogP contribution in [0.3, 0.4) is 0 Å². The maximum atomic E-state index is 13.9. The second-order valence-corrected chi connectivity index (χ2v) is 8.39. The minimum Gasteiger partial charge on any atom is -0.488 e. The zero-order chi connectivity index (χ0) is 22.9. The molecule has 3 aromatic carbocycles. The fraction of sp³-hybridized carbons (Fsp3) is 0.214. The van der Waals surface area contributed by atoms with Crippen LogP contribution in [0.1, 0.15) is 48.3 Å². The standard InChI is InChI=1S/C28H24FN3O/c1-3-6-27-31-24-7-4-5-8-25(24)32(27)16-19-9-11-22-20(13-19)17-33-26-14-21(29)10-12-23(26)28(22)18(2)15-30/h4-5,7-14H,3,6,16-17H2,1-2H3/b28-18+. The number of aryl methyl sites for hydroxylation is 1. The van der Waals surface area contributed by atoms with Crippen molar-refractivity contribution in [3.05, 3.63) is 100 Å². The summed E-state index contributed by atoms with van der Waals surface area (Å²) in [6.45, 7) is 4.96. The van der Waals surface area contributed by atoms with Crippen molar-refractivity contribution in [2.24, 2.45) is 0 Å². The first kappa shape index (κ1) is 21.0. The normalized spacial score (nSPS) is 14.1. The van der Waals surface area contributed by atoms with Crippen LogP contribution in [0.25, 0.3) is 16.6 Å². The van der Waals surface area contributed by atoms with Gasteiger partial charge >= 0.3 is 0 Å². The minimum atomic E-state index is -0.357. The van der Waals surface area contributed by atoms with E-state index in [1.165, 1.54) is 12.1 Å². The second kappa shape index (κ2) is 8.55. The molecule has 164 valence electrons. The number of para-hydroxylation sites is 2. The van der Waals surface area contributed by atoms with Gasteiger partial charge < -0.3 is 9.30 Å². The summed E-state index contributed by atoms with van der Waals surface area (Å²) < 4.78 is 22.2. The SMILES string of the molecule is CCCc1nc2ccccc2n1Cc1ccc2c(c1)COc1cc(F)ccc1/C2=C(\C)C#N. The first-order valence-corrected chi connectivity index (χ1v) is 11.2. The number of fused-ring (bicyclic) bond motifs is 3. The van der Waals surface area contributed by atoms with Crippen LogP contribution in [0.5, 0.6) is 5.75 Å². The molecule has 0 unspecified atom stereocenters. The Morgan fingerprint density at radius 1 is 1.12 bits per heavy atom. The van der Waals surface area contributed by atoms with E-state index in [4.69, 9.17) is 9.72 Å². The number of allylic oxidation sites excluding steroid dienone is 1. The monoisotopic (exact) mass is 437 g/mol. The van der Waals surface area contributed by atoms with Crippen molar-refractivity contribution < 1.29 is 9.13 Å². The number of halogens is 1. The third kappa shape index (κ3) is 3.78. The third-order valence-electron chi connectivity index (χ3n) is 6.13. The van der Waals surface area contributed by atoms with Gasteiger partial charge in [0.1, 0.15) is 24.0 Å². The molecule has 2 heterocycles. The topological polar surface area (TPSA) is 50.8 Å². The second-order valence-electron chi connectivity index (χ2n) is 8.39. The zero-order valence-electron chi connectivity index (χ0n) is 18.7. The van der Waals surface area contributed by atoms with Crippen LogP contribution in [-0.2, 0) is 19.6 Å². The van der Waals surface area contributed by atoms with Gasteiger partial charge in [-0.3, -0.25) is 0 Å². The molecule has 33 heavy (non-hydrogen) atoms. The molecule has 0 amide bonds. The molecule has 0 saturated heterocycles. The average molecular weight is 438 g/mol. The number of nitrogens with zero attached hydrogens (tertiary/aromatic N) is 3. The number of hydrogen-bond donors (Lipinski definition) is 0. The molecular formula is C28H24FN3O. The summed E-state index contributed by atoms with van der Waals surface area (Å²) in [4.78, 5) is 4.84. The Morgan fingerprint density at radius 2 is 1.94 bits per heavy atom. The lowest BCUT2D eigenvalue weighted by molar-refractivity contribution is 0.305. The van der Waals surface area contributed by atoms with Crippen molar-refractivity contribution in [1.29, 1.82) is 5.26 Å². The maximum absolute atomic E-state index is 13.9. The molecule has 0 N–H and O–H groups in total. The molecule has 0 radical (unpaired) electrons. The molecule has 5 heteroatoms. The molecule has 1 aliphatic rings. The molecule has 0 spiro atoms. The van der Waals surface area contributed by atoms with Gasteiger partial charge in [-0.15, -0.1) is 0 Å². The summed E-state index contributed by atoms with van der Waals surface area (Å²) in [5.41, 5.74) is 7.31. The molecule has 0 saturated carbocycles. The lowest BCUT2D eigenvalue weighted by Crippen LogP contribution is -2.06. The molecule has 4 nitrogen and oxygen atoms in total. The Labute approximate surface area is 192 Å². The van der Waals surface area contributed by atoms with Gasteiger partial charge in [0.05, 0.1) is 17.1 Å². The molecule has 1 aromatic heterocycles. The number of hydrogen-bond acceptors (Lipinski definition) is 3. The van der Waals surface area contributed by atoms with Crippen molar-refractivity contribution in [2.75, 3.05) is 0 Å². The summed E-state index contributed by atoms with van der Waals surface area (Å²) in [5.74, 6) is 1.18. The maximum Gasteiger partial charge on any atom is 0.130 e. The lowest BCUT2D eigenvalue weighted by Gasteiger charge is -2.14. The van der Waals surface area contributed by atoms with Crippen molar-refractivity contribution in [3.63, 3.8) is 0 Å². The minimum absolute atomic E-state index is 0.314. The lowest BCUT2D eigenvalue weighted by atomic mass is 9.90. The van der Waals surface area contributed by atoms with Gasteiger partial charge in [-0.1, -0.05) is 31.2 Å². The first-order valence-electron chi connectivity index (χ1n) is 11.2. The first-order chi connectivity index (χ1) is 16.1. The summed E-state index contributed by atoms with van der Waals surface area (Å²) in [6.07, 6.45) is 1.94. The number of benzene rings is 3. The Bertz CT molecular complexity index is 1440. The smallest absolute Gasteiger partial charge is 0.130 e. The van der Waals surface area contributed by atoms with E-state index in [0.29, 0.717) is 24.5 Å². The molecule has 4 aromatic rings. The van der Waals surface area contributed by atoms with Crippen LogP contribution >= 0.6 is 0 Å². The van der Waals surface area contributed by atoms with E-state index in [0.717, 1.165) is 57.5 Å². The van der Waals surface area contributed by atoms with Crippen LogP contribution < -0.4 is 4.74 Å². The average Bonchev–Trinajstić information content (AvgIpc) is 3.07. The summed E-state index contributed by atoms with van der Waals surface area (Å²) in [6, 6.07) is 21.3. The number of ether oxygens (including phenoxy) is 1. The largest absolute Gasteiger partial charge is 0.488 e. The number of nitriles is 1. The van der Waals surface area contributed by atoms with E-state index in [-0.39, 0.29) is 5.82 Å². The van der Waals surface area contributed by atoms with Crippen molar-refractivity contribution in [2.45, 2.75) is 39.8 Å². The Balaban J connectivity index is 1.60. The highest BCUT2D eigenvalue weighted by molar-refractivity contribution is 5.88. The van der Waals surface area contributed by atoms with E-state index < -0.39 is 0 Å². The van der Waals surface area contributed by atoms with Gasteiger partial charge in [-0.2, -0.15) is 5.26 Å². The predicted octanol–water partition coefficient (Wildman–Crippen LogP) is 6.41. The van der Waals surface area contributed by atoms with Crippen molar-refractivity contribution >= 4 is 16.6 Å². The van der Waals surface area contributed by atoms with Gasteiger partial charge in [0.15, 0.2) is 0 Å². The molecule has 0 bridgehead atoms. The van der Waals surface area contributed by atoms with E-state index in [9.17, 15) is 9.65 Å². The summed E-state index contributed by atoms with van der Waals surface area (Å²) >= 11 is 0. The Kier molecular flexibility index (Phi) is 5.43. The molecule has 0 aliphatic carbocycles. The molecule has 0 fully saturated rings. The Hall–Kier alpha value is -3.91. The quantitative estimate of drug-likeness (QED) is 0.347. The van der Waals surface area contributed by atoms with E-state index in [2.05, 4.69) is 41.8 Å². The van der Waals surface area contributed by atoms with Gasteiger partial charge in [0.25, 0.3) is 0 Å². The van der Waals surface area contributed by atoms with Crippen LogP contribution in [0.2, 0.25) is 0 Å². The molecule has 5 rings (SSSR count). The fourth-order valence-corrected chi connectivity index (χ4v) is 4.59. The number of aromatic nitrogens is 2. The van der Waals surface area contributed by atoms with Crippen LogP contribution in [0.4, 0.5) is 4.39 Å².